The van der Waals surface area contributed by atoms with Gasteiger partial charge in [0.15, 0.2) is 6.61 Å². The van der Waals surface area contributed by atoms with Crippen LogP contribution in [0.2, 0.25) is 0 Å². The van der Waals surface area contributed by atoms with Gasteiger partial charge in [-0.2, -0.15) is 0 Å². The van der Waals surface area contributed by atoms with E-state index in [-0.39, 0.29) is 32.8 Å². The van der Waals surface area contributed by atoms with Crippen LogP contribution in [0.15, 0.2) is 54.6 Å². The van der Waals surface area contributed by atoms with Crippen molar-refractivity contribution in [2.45, 2.75) is 13.5 Å². The van der Waals surface area contributed by atoms with Crippen LogP contribution in [0.4, 0.5) is 0 Å². The van der Waals surface area contributed by atoms with Crippen LogP contribution in [0, 0.1) is 0 Å². The Morgan fingerprint density at radius 2 is 1.63 bits per heavy atom. The minimum absolute atomic E-state index is 0.195. The summed E-state index contributed by atoms with van der Waals surface area (Å²) in [6.45, 7) is 1.47. The Morgan fingerprint density at radius 3 is 2.27 bits per heavy atom. The Morgan fingerprint density at radius 1 is 0.967 bits per heavy atom. The molecular formula is C22H26N2O6. The van der Waals surface area contributed by atoms with Crippen LogP contribution in [0.1, 0.15) is 12.5 Å². The predicted octanol–water partition coefficient (Wildman–Crippen LogP) is 1.78. The average molecular weight is 414 g/mol. The molecule has 2 aromatic rings. The van der Waals surface area contributed by atoms with Gasteiger partial charge >= 0.3 is 5.97 Å². The molecule has 0 radical (unpaired) electrons. The largest absolute Gasteiger partial charge is 0.497 e. The smallest absolute Gasteiger partial charge is 0.325 e. The first-order chi connectivity index (χ1) is 14.5. The number of nitrogens with zero attached hydrogens (tertiary/aromatic N) is 1. The number of carbonyl (C=O) groups is 3. The van der Waals surface area contributed by atoms with Gasteiger partial charge in [0, 0.05) is 6.54 Å². The molecule has 0 aromatic heterocycles. The second kappa shape index (κ2) is 12.1. The third-order valence-electron chi connectivity index (χ3n) is 4.06. The normalized spacial score (nSPS) is 10.1. The number of ether oxygens (including phenoxy) is 3. The van der Waals surface area contributed by atoms with Gasteiger partial charge in [0.2, 0.25) is 5.91 Å². The summed E-state index contributed by atoms with van der Waals surface area (Å²) < 4.78 is 15.4. The summed E-state index contributed by atoms with van der Waals surface area (Å²) in [6.07, 6.45) is 0. The zero-order valence-corrected chi connectivity index (χ0v) is 17.1. The topological polar surface area (TPSA) is 94.2 Å². The molecule has 0 atom stereocenters. The second-order valence-electron chi connectivity index (χ2n) is 6.28. The molecule has 0 aliphatic rings. The van der Waals surface area contributed by atoms with Crippen molar-refractivity contribution in [3.8, 4) is 11.5 Å². The van der Waals surface area contributed by atoms with E-state index in [9.17, 15) is 14.4 Å². The molecule has 1 N–H and O–H groups in total. The molecule has 8 nitrogen and oxygen atoms in total. The van der Waals surface area contributed by atoms with Crippen molar-refractivity contribution < 1.29 is 28.6 Å². The molecule has 0 saturated heterocycles. The van der Waals surface area contributed by atoms with E-state index in [1.54, 1.807) is 38.3 Å². The van der Waals surface area contributed by atoms with Crippen molar-refractivity contribution in [1.29, 1.82) is 0 Å². The molecule has 30 heavy (non-hydrogen) atoms. The van der Waals surface area contributed by atoms with Crippen molar-refractivity contribution in [3.05, 3.63) is 60.2 Å². The second-order valence-corrected chi connectivity index (χ2v) is 6.28. The minimum atomic E-state index is -0.504. The summed E-state index contributed by atoms with van der Waals surface area (Å²) in [5, 5.41) is 2.51. The van der Waals surface area contributed by atoms with Crippen LogP contribution in [0.25, 0.3) is 0 Å². The lowest BCUT2D eigenvalue weighted by Crippen LogP contribution is -2.43. The molecular weight excluding hydrogens is 388 g/mol. The minimum Gasteiger partial charge on any atom is -0.497 e. The Hall–Kier alpha value is -3.55. The zero-order chi connectivity index (χ0) is 21.8. The third-order valence-corrected chi connectivity index (χ3v) is 4.06. The predicted molar refractivity (Wildman–Crippen MR) is 110 cm³/mol. The summed E-state index contributed by atoms with van der Waals surface area (Å²) >= 11 is 0. The lowest BCUT2D eigenvalue weighted by Gasteiger charge is -2.22. The van der Waals surface area contributed by atoms with Crippen molar-refractivity contribution in [3.63, 3.8) is 0 Å². The quantitative estimate of drug-likeness (QED) is 0.564. The SMILES string of the molecule is CCOC(=O)CN(Cc1ccccc1)C(=O)CNC(=O)COc1ccc(OC)cc1. The molecule has 0 saturated carbocycles. The summed E-state index contributed by atoms with van der Waals surface area (Å²) in [5.74, 6) is -0.168. The molecule has 2 amide bonds. The van der Waals surface area contributed by atoms with E-state index in [2.05, 4.69) is 5.32 Å². The van der Waals surface area contributed by atoms with Crippen molar-refractivity contribution in [1.82, 2.24) is 10.2 Å². The van der Waals surface area contributed by atoms with Gasteiger partial charge in [-0.1, -0.05) is 30.3 Å². The summed E-state index contributed by atoms with van der Waals surface area (Å²) in [4.78, 5) is 37.8. The van der Waals surface area contributed by atoms with Crippen LogP contribution in [-0.2, 0) is 25.7 Å². The first-order valence-electron chi connectivity index (χ1n) is 9.52. The van der Waals surface area contributed by atoms with Crippen LogP contribution in [-0.4, -0.2) is 56.1 Å². The van der Waals surface area contributed by atoms with Gasteiger partial charge in [-0.25, -0.2) is 0 Å². The van der Waals surface area contributed by atoms with Gasteiger partial charge in [-0.15, -0.1) is 0 Å². The van der Waals surface area contributed by atoms with Crippen LogP contribution in [0.3, 0.4) is 0 Å². The Labute approximate surface area is 175 Å². The van der Waals surface area contributed by atoms with Gasteiger partial charge in [-0.05, 0) is 36.8 Å². The van der Waals surface area contributed by atoms with Gasteiger partial charge in [0.1, 0.15) is 18.0 Å². The number of methoxy groups -OCH3 is 1. The van der Waals surface area contributed by atoms with Crippen LogP contribution < -0.4 is 14.8 Å². The first kappa shape index (κ1) is 22.7. The molecule has 2 rings (SSSR count). The highest BCUT2D eigenvalue weighted by molar-refractivity contribution is 5.87. The lowest BCUT2D eigenvalue weighted by atomic mass is 10.2. The third kappa shape index (κ3) is 7.83. The van der Waals surface area contributed by atoms with Crippen LogP contribution >= 0.6 is 0 Å². The molecule has 0 unspecified atom stereocenters. The van der Waals surface area contributed by atoms with Gasteiger partial charge < -0.3 is 24.4 Å². The fraction of sp³-hybridized carbons (Fsp3) is 0.318. The fourth-order valence-electron chi connectivity index (χ4n) is 2.56. The molecule has 0 spiro atoms. The Kier molecular flexibility index (Phi) is 9.18. The number of benzene rings is 2. The molecule has 2 aromatic carbocycles. The molecule has 8 heteroatoms. The van der Waals surface area contributed by atoms with Gasteiger partial charge in [0.05, 0.1) is 20.3 Å². The van der Waals surface area contributed by atoms with Crippen molar-refractivity contribution in [2.24, 2.45) is 0 Å². The molecule has 0 bridgehead atoms. The molecule has 0 aliphatic carbocycles. The van der Waals surface area contributed by atoms with E-state index in [4.69, 9.17) is 14.2 Å². The number of nitrogens with one attached hydrogen (secondary N) is 1. The number of hydrogen-bond acceptors (Lipinski definition) is 6. The maximum Gasteiger partial charge on any atom is 0.325 e. The maximum atomic E-state index is 12.6. The van der Waals surface area contributed by atoms with E-state index in [1.165, 1.54) is 4.90 Å². The maximum absolute atomic E-state index is 12.6. The highest BCUT2D eigenvalue weighted by atomic mass is 16.5. The number of esters is 1. The Balaban J connectivity index is 1.86. The molecule has 160 valence electrons. The molecule has 0 fully saturated rings. The fourth-order valence-corrected chi connectivity index (χ4v) is 2.56. The number of rotatable bonds is 11. The van der Waals surface area contributed by atoms with Crippen molar-refractivity contribution in [2.75, 3.05) is 33.4 Å². The summed E-state index contributed by atoms with van der Waals surface area (Å²) in [6, 6.07) is 16.1. The molecule has 0 aliphatic heterocycles. The first-order valence-corrected chi connectivity index (χ1v) is 9.52. The van der Waals surface area contributed by atoms with Crippen LogP contribution in [0.5, 0.6) is 11.5 Å². The number of hydrogen-bond donors (Lipinski definition) is 1. The summed E-state index contributed by atoms with van der Waals surface area (Å²) in [5.41, 5.74) is 0.865. The average Bonchev–Trinajstić information content (AvgIpc) is 2.76. The highest BCUT2D eigenvalue weighted by Gasteiger charge is 2.19. The monoisotopic (exact) mass is 414 g/mol. The summed E-state index contributed by atoms with van der Waals surface area (Å²) in [7, 11) is 1.56. The van der Waals surface area contributed by atoms with E-state index in [0.29, 0.717) is 11.5 Å². The Bertz CT molecular complexity index is 823. The molecule has 0 heterocycles. The van der Waals surface area contributed by atoms with Gasteiger partial charge in [0.25, 0.3) is 5.91 Å². The lowest BCUT2D eigenvalue weighted by molar-refractivity contribution is -0.149. The van der Waals surface area contributed by atoms with Crippen molar-refractivity contribution >= 4 is 17.8 Å². The zero-order valence-electron chi connectivity index (χ0n) is 17.1. The van der Waals surface area contributed by atoms with E-state index in [1.807, 2.05) is 30.3 Å². The number of carbonyl (C=O) groups excluding carboxylic acids is 3. The standard InChI is InChI=1S/C22H26N2O6/c1-3-29-22(27)15-24(14-17-7-5-4-6-8-17)21(26)13-23-20(25)16-30-19-11-9-18(28-2)10-12-19/h4-12H,3,13-16H2,1-2H3,(H,23,25). The highest BCUT2D eigenvalue weighted by Crippen LogP contribution is 2.16. The van der Waals surface area contributed by atoms with Gasteiger partial charge in [-0.3, -0.25) is 14.4 Å². The number of amides is 2. The van der Waals surface area contributed by atoms with E-state index >= 15 is 0 Å². The van der Waals surface area contributed by atoms with E-state index < -0.39 is 17.8 Å². The van der Waals surface area contributed by atoms with E-state index in [0.717, 1.165) is 5.56 Å².